The summed E-state index contributed by atoms with van der Waals surface area (Å²) in [4.78, 5) is 14.3. The van der Waals surface area contributed by atoms with Gasteiger partial charge >= 0.3 is 0 Å². The highest BCUT2D eigenvalue weighted by Gasteiger charge is 2.12. The molecule has 1 N–H and O–H groups in total. The first-order valence-corrected chi connectivity index (χ1v) is 8.27. The molecule has 1 aromatic heterocycles. The van der Waals surface area contributed by atoms with Crippen molar-refractivity contribution in [3.8, 4) is 0 Å². The zero-order valence-electron chi connectivity index (χ0n) is 12.4. The third-order valence-electron chi connectivity index (χ3n) is 3.46. The van der Waals surface area contributed by atoms with Crippen LogP contribution in [-0.2, 0) is 4.79 Å². The minimum atomic E-state index is -0.0882. The topological polar surface area (TPSA) is 71.3 Å². The van der Waals surface area contributed by atoms with E-state index in [-0.39, 0.29) is 11.7 Å². The first kappa shape index (κ1) is 14.9. The van der Waals surface area contributed by atoms with Crippen LogP contribution in [0.1, 0.15) is 18.7 Å². The first-order chi connectivity index (χ1) is 10.7. The number of carbonyl (C=O) groups is 1. The molecule has 0 bridgehead atoms. The predicted octanol–water partition coefficient (Wildman–Crippen LogP) is 2.71. The van der Waals surface area contributed by atoms with Gasteiger partial charge in [-0.1, -0.05) is 11.8 Å². The van der Waals surface area contributed by atoms with Crippen LogP contribution in [0.15, 0.2) is 33.9 Å². The minimum absolute atomic E-state index is 0.0882. The summed E-state index contributed by atoms with van der Waals surface area (Å²) in [5.41, 5.74) is 2.02. The molecule has 0 radical (unpaired) electrons. The maximum atomic E-state index is 11.9. The molecule has 2 aromatic rings. The molecule has 1 aliphatic rings. The fraction of sp³-hybridized carbons (Fsp3) is 0.400. The van der Waals surface area contributed by atoms with Gasteiger partial charge in [-0.05, 0) is 37.1 Å². The second-order valence-electron chi connectivity index (χ2n) is 5.16. The number of thioether (sulfide) groups is 1. The maximum Gasteiger partial charge on any atom is 0.277 e. The van der Waals surface area contributed by atoms with Gasteiger partial charge < -0.3 is 14.6 Å². The highest BCUT2D eigenvalue weighted by Crippen LogP contribution is 2.22. The van der Waals surface area contributed by atoms with Crippen molar-refractivity contribution in [1.29, 1.82) is 0 Å². The van der Waals surface area contributed by atoms with Crippen LogP contribution in [-0.4, -0.2) is 34.9 Å². The Bertz CT molecular complexity index is 635. The molecule has 116 valence electrons. The molecule has 1 aliphatic heterocycles. The monoisotopic (exact) mass is 318 g/mol. The van der Waals surface area contributed by atoms with Gasteiger partial charge in [0.25, 0.3) is 5.22 Å². The summed E-state index contributed by atoms with van der Waals surface area (Å²) in [5, 5.41) is 10.8. The number of rotatable bonds is 5. The fourth-order valence-electron chi connectivity index (χ4n) is 2.39. The largest absolute Gasteiger partial charge is 0.416 e. The van der Waals surface area contributed by atoms with Gasteiger partial charge in [0.15, 0.2) is 0 Å². The lowest BCUT2D eigenvalue weighted by atomic mass is 10.2. The van der Waals surface area contributed by atoms with Crippen molar-refractivity contribution in [3.05, 3.63) is 30.2 Å². The number of nitrogens with zero attached hydrogens (tertiary/aromatic N) is 3. The van der Waals surface area contributed by atoms with E-state index in [2.05, 4.69) is 32.5 Å². The van der Waals surface area contributed by atoms with Crippen LogP contribution in [0.2, 0.25) is 0 Å². The van der Waals surface area contributed by atoms with Crippen LogP contribution in [0.4, 0.5) is 11.4 Å². The Morgan fingerprint density at radius 3 is 2.64 bits per heavy atom. The van der Waals surface area contributed by atoms with Crippen LogP contribution in [0, 0.1) is 6.92 Å². The molecule has 6 nitrogen and oxygen atoms in total. The zero-order valence-corrected chi connectivity index (χ0v) is 13.2. The molecular formula is C15H18N4O2S. The van der Waals surface area contributed by atoms with E-state index in [1.54, 1.807) is 6.92 Å². The van der Waals surface area contributed by atoms with Gasteiger partial charge in [0.2, 0.25) is 11.8 Å². The Balaban J connectivity index is 1.50. The van der Waals surface area contributed by atoms with Crippen LogP contribution in [0.25, 0.3) is 0 Å². The molecule has 1 amide bonds. The SMILES string of the molecule is Cc1nnc(SCC(=O)Nc2ccc(N3CCCC3)cc2)o1. The molecule has 1 saturated heterocycles. The number of amides is 1. The number of aryl methyl sites for hydroxylation is 1. The maximum absolute atomic E-state index is 11.9. The molecule has 0 aliphatic carbocycles. The van der Waals surface area contributed by atoms with E-state index in [0.717, 1.165) is 18.8 Å². The fourth-order valence-corrected chi connectivity index (χ4v) is 3.00. The van der Waals surface area contributed by atoms with E-state index < -0.39 is 0 Å². The molecule has 0 unspecified atom stereocenters. The van der Waals surface area contributed by atoms with Crippen molar-refractivity contribution in [3.63, 3.8) is 0 Å². The predicted molar refractivity (Wildman–Crippen MR) is 86.3 cm³/mol. The summed E-state index contributed by atoms with van der Waals surface area (Å²) in [7, 11) is 0. The van der Waals surface area contributed by atoms with Gasteiger partial charge in [-0.2, -0.15) is 0 Å². The number of benzene rings is 1. The number of aromatic nitrogens is 2. The molecule has 0 spiro atoms. The lowest BCUT2D eigenvalue weighted by Crippen LogP contribution is -2.18. The Labute approximate surface area is 133 Å². The lowest BCUT2D eigenvalue weighted by molar-refractivity contribution is -0.113. The average Bonchev–Trinajstić information content (AvgIpc) is 3.17. The highest BCUT2D eigenvalue weighted by atomic mass is 32.2. The van der Waals surface area contributed by atoms with E-state index >= 15 is 0 Å². The number of anilines is 2. The van der Waals surface area contributed by atoms with E-state index in [1.165, 1.54) is 30.3 Å². The summed E-state index contributed by atoms with van der Waals surface area (Å²) >= 11 is 1.23. The smallest absolute Gasteiger partial charge is 0.277 e. The van der Waals surface area contributed by atoms with Crippen molar-refractivity contribution in [2.45, 2.75) is 25.0 Å². The molecule has 0 atom stereocenters. The number of hydrogen-bond donors (Lipinski definition) is 1. The first-order valence-electron chi connectivity index (χ1n) is 7.28. The zero-order chi connectivity index (χ0) is 15.4. The van der Waals surface area contributed by atoms with Gasteiger partial charge in [0, 0.05) is 31.4 Å². The Morgan fingerprint density at radius 2 is 2.00 bits per heavy atom. The highest BCUT2D eigenvalue weighted by molar-refractivity contribution is 7.99. The van der Waals surface area contributed by atoms with Gasteiger partial charge in [-0.15, -0.1) is 10.2 Å². The quantitative estimate of drug-likeness (QED) is 0.855. The summed E-state index contributed by atoms with van der Waals surface area (Å²) in [6, 6.07) is 7.98. The second-order valence-corrected chi connectivity index (χ2v) is 6.09. The van der Waals surface area contributed by atoms with Crippen molar-refractivity contribution in [1.82, 2.24) is 10.2 Å². The number of carbonyl (C=O) groups excluding carboxylic acids is 1. The van der Waals surface area contributed by atoms with E-state index in [0.29, 0.717) is 11.1 Å². The summed E-state index contributed by atoms with van der Waals surface area (Å²) in [6.45, 7) is 3.96. The third-order valence-corrected chi connectivity index (χ3v) is 4.27. The second kappa shape index (κ2) is 6.83. The van der Waals surface area contributed by atoms with Crippen molar-refractivity contribution in [2.24, 2.45) is 0 Å². The van der Waals surface area contributed by atoms with Crippen molar-refractivity contribution < 1.29 is 9.21 Å². The minimum Gasteiger partial charge on any atom is -0.416 e. The van der Waals surface area contributed by atoms with Crippen LogP contribution >= 0.6 is 11.8 Å². The van der Waals surface area contributed by atoms with Crippen LogP contribution < -0.4 is 10.2 Å². The number of hydrogen-bond acceptors (Lipinski definition) is 6. The van der Waals surface area contributed by atoms with Crippen LogP contribution in [0.3, 0.4) is 0 Å². The van der Waals surface area contributed by atoms with Crippen molar-refractivity contribution in [2.75, 3.05) is 29.1 Å². The van der Waals surface area contributed by atoms with E-state index in [4.69, 9.17) is 4.42 Å². The number of nitrogens with one attached hydrogen (secondary N) is 1. The van der Waals surface area contributed by atoms with Gasteiger partial charge in [-0.25, -0.2) is 0 Å². The lowest BCUT2D eigenvalue weighted by Gasteiger charge is -2.17. The molecular weight excluding hydrogens is 300 g/mol. The molecule has 1 fully saturated rings. The van der Waals surface area contributed by atoms with Crippen molar-refractivity contribution >= 4 is 29.0 Å². The van der Waals surface area contributed by atoms with E-state index in [9.17, 15) is 4.79 Å². The molecule has 7 heteroatoms. The summed E-state index contributed by atoms with van der Waals surface area (Å²) in [5.74, 6) is 0.658. The Kier molecular flexibility index (Phi) is 4.62. The van der Waals surface area contributed by atoms with Crippen LogP contribution in [0.5, 0.6) is 0 Å². The van der Waals surface area contributed by atoms with Gasteiger partial charge in [0.1, 0.15) is 0 Å². The summed E-state index contributed by atoms with van der Waals surface area (Å²) < 4.78 is 5.21. The third kappa shape index (κ3) is 3.79. The van der Waals surface area contributed by atoms with E-state index in [1.807, 2.05) is 12.1 Å². The molecule has 22 heavy (non-hydrogen) atoms. The summed E-state index contributed by atoms with van der Waals surface area (Å²) in [6.07, 6.45) is 2.51. The van der Waals surface area contributed by atoms with Gasteiger partial charge in [0.05, 0.1) is 5.75 Å². The molecule has 3 rings (SSSR count). The molecule has 1 aromatic carbocycles. The van der Waals surface area contributed by atoms with Gasteiger partial charge in [-0.3, -0.25) is 4.79 Å². The normalized spacial score (nSPS) is 14.3. The molecule has 0 saturated carbocycles. The Morgan fingerprint density at radius 1 is 1.27 bits per heavy atom. The average molecular weight is 318 g/mol. The Hall–Kier alpha value is -2.02. The standard InChI is InChI=1S/C15H18N4O2S/c1-11-17-18-15(21-11)22-10-14(20)16-12-4-6-13(7-5-12)19-8-2-3-9-19/h4-7H,2-3,8-10H2,1H3,(H,16,20). The molecule has 2 heterocycles.